The van der Waals surface area contributed by atoms with Crippen molar-refractivity contribution in [3.05, 3.63) is 29.6 Å². The Labute approximate surface area is 83.5 Å². The number of hydrogen-bond acceptors (Lipinski definition) is 2. The normalized spacial score (nSPS) is 20.9. The molecule has 1 unspecified atom stereocenters. The third-order valence-electron chi connectivity index (χ3n) is 2.56. The fourth-order valence-corrected chi connectivity index (χ4v) is 1.81. The summed E-state index contributed by atoms with van der Waals surface area (Å²) < 4.78 is 0. The lowest BCUT2D eigenvalue weighted by Crippen LogP contribution is -2.20. The third-order valence-corrected chi connectivity index (χ3v) is 2.56. The second kappa shape index (κ2) is 3.78. The molecule has 2 heterocycles. The van der Waals surface area contributed by atoms with Crippen molar-refractivity contribution in [1.29, 1.82) is 0 Å². The summed E-state index contributed by atoms with van der Waals surface area (Å²) in [5.41, 5.74) is 2.04. The summed E-state index contributed by atoms with van der Waals surface area (Å²) >= 11 is 0. The monoisotopic (exact) mass is 190 g/mol. The van der Waals surface area contributed by atoms with Gasteiger partial charge >= 0.3 is 0 Å². The highest BCUT2D eigenvalue weighted by Gasteiger charge is 2.24. The molecule has 1 N–H and O–H groups in total. The van der Waals surface area contributed by atoms with Gasteiger partial charge in [0.2, 0.25) is 5.91 Å². The van der Waals surface area contributed by atoms with Crippen LogP contribution in [-0.4, -0.2) is 17.4 Å². The molecule has 1 aromatic heterocycles. The quantitative estimate of drug-likeness (QED) is 0.758. The van der Waals surface area contributed by atoms with Crippen LogP contribution in [0.3, 0.4) is 0 Å². The molecule has 2 rings (SSSR count). The van der Waals surface area contributed by atoms with Crippen molar-refractivity contribution in [3.8, 4) is 0 Å². The molecule has 1 aliphatic heterocycles. The molecule has 3 nitrogen and oxygen atoms in total. The van der Waals surface area contributed by atoms with Crippen molar-refractivity contribution >= 4 is 5.91 Å². The molecule has 1 amide bonds. The van der Waals surface area contributed by atoms with Gasteiger partial charge in [-0.1, -0.05) is 6.07 Å². The fraction of sp³-hybridized carbons (Fsp3) is 0.455. The molecule has 1 aromatic rings. The van der Waals surface area contributed by atoms with E-state index in [1.54, 1.807) is 0 Å². The van der Waals surface area contributed by atoms with E-state index in [1.165, 1.54) is 0 Å². The van der Waals surface area contributed by atoms with E-state index in [2.05, 4.69) is 10.3 Å². The minimum atomic E-state index is 0.129. The highest BCUT2D eigenvalue weighted by Crippen LogP contribution is 2.15. The maximum absolute atomic E-state index is 11.3. The van der Waals surface area contributed by atoms with Crippen LogP contribution in [0.15, 0.2) is 18.2 Å². The summed E-state index contributed by atoms with van der Waals surface area (Å²) in [6, 6.07) is 5.95. The first-order chi connectivity index (χ1) is 6.75. The van der Waals surface area contributed by atoms with Crippen molar-refractivity contribution < 1.29 is 4.79 Å². The van der Waals surface area contributed by atoms with Gasteiger partial charge in [-0.3, -0.25) is 9.78 Å². The van der Waals surface area contributed by atoms with Gasteiger partial charge in [0, 0.05) is 30.3 Å². The first kappa shape index (κ1) is 9.19. The van der Waals surface area contributed by atoms with Gasteiger partial charge in [-0.2, -0.15) is 0 Å². The molecular formula is C11H14N2O. The molecule has 3 heteroatoms. The summed E-state index contributed by atoms with van der Waals surface area (Å²) in [5.74, 6) is 0.303. The average Bonchev–Trinajstić information content (AvgIpc) is 2.52. The Morgan fingerprint density at radius 1 is 1.57 bits per heavy atom. The number of carbonyl (C=O) groups excluding carboxylic acids is 1. The van der Waals surface area contributed by atoms with Crippen LogP contribution in [-0.2, 0) is 11.2 Å². The van der Waals surface area contributed by atoms with Gasteiger partial charge < -0.3 is 5.32 Å². The molecule has 0 spiro atoms. The van der Waals surface area contributed by atoms with Crippen molar-refractivity contribution in [2.45, 2.75) is 19.8 Å². The van der Waals surface area contributed by atoms with Crippen molar-refractivity contribution in [2.24, 2.45) is 5.92 Å². The van der Waals surface area contributed by atoms with Crippen molar-refractivity contribution in [1.82, 2.24) is 10.3 Å². The standard InChI is InChI=1S/C11H14N2O/c1-8-3-2-4-10(13-8)7-9-5-6-12-11(9)14/h2-4,9H,5-7H2,1H3,(H,12,14). The van der Waals surface area contributed by atoms with E-state index in [0.29, 0.717) is 0 Å². The van der Waals surface area contributed by atoms with Crippen LogP contribution in [0.5, 0.6) is 0 Å². The predicted molar refractivity (Wildman–Crippen MR) is 53.8 cm³/mol. The SMILES string of the molecule is Cc1cccc(CC2CCNC2=O)n1. The number of rotatable bonds is 2. The lowest BCUT2D eigenvalue weighted by Gasteiger charge is -2.06. The van der Waals surface area contributed by atoms with Crippen LogP contribution >= 0.6 is 0 Å². The van der Waals surface area contributed by atoms with Gasteiger partial charge in [0.05, 0.1) is 0 Å². The van der Waals surface area contributed by atoms with E-state index in [4.69, 9.17) is 0 Å². The van der Waals surface area contributed by atoms with Crippen LogP contribution in [0.4, 0.5) is 0 Å². The second-order valence-corrected chi connectivity index (χ2v) is 3.75. The van der Waals surface area contributed by atoms with Crippen molar-refractivity contribution in [2.75, 3.05) is 6.54 Å². The molecule has 0 aromatic carbocycles. The Morgan fingerprint density at radius 2 is 2.43 bits per heavy atom. The molecule has 0 saturated carbocycles. The van der Waals surface area contributed by atoms with Crippen LogP contribution in [0.2, 0.25) is 0 Å². The van der Waals surface area contributed by atoms with Crippen LogP contribution in [0, 0.1) is 12.8 Å². The molecule has 1 aliphatic rings. The topological polar surface area (TPSA) is 42.0 Å². The van der Waals surface area contributed by atoms with Crippen LogP contribution in [0.1, 0.15) is 17.8 Å². The highest BCUT2D eigenvalue weighted by molar-refractivity contribution is 5.80. The lowest BCUT2D eigenvalue weighted by molar-refractivity contribution is -0.122. The summed E-state index contributed by atoms with van der Waals surface area (Å²) in [6.07, 6.45) is 1.71. The van der Waals surface area contributed by atoms with Gasteiger partial charge in [-0.05, 0) is 25.5 Å². The maximum atomic E-state index is 11.3. The van der Waals surface area contributed by atoms with E-state index >= 15 is 0 Å². The number of amides is 1. The lowest BCUT2D eigenvalue weighted by atomic mass is 10.0. The third kappa shape index (κ3) is 1.92. The minimum absolute atomic E-state index is 0.129. The minimum Gasteiger partial charge on any atom is -0.356 e. The smallest absolute Gasteiger partial charge is 0.223 e. The van der Waals surface area contributed by atoms with Crippen LogP contribution < -0.4 is 5.32 Å². The number of nitrogens with one attached hydrogen (secondary N) is 1. The average molecular weight is 190 g/mol. The second-order valence-electron chi connectivity index (χ2n) is 3.75. The largest absolute Gasteiger partial charge is 0.356 e. The van der Waals surface area contributed by atoms with Gasteiger partial charge in [0.1, 0.15) is 0 Å². The predicted octanol–water partition coefficient (Wildman–Crippen LogP) is 1.07. The first-order valence-electron chi connectivity index (χ1n) is 4.96. The molecule has 74 valence electrons. The Bertz CT molecular complexity index is 349. The van der Waals surface area contributed by atoms with E-state index in [-0.39, 0.29) is 11.8 Å². The molecule has 0 bridgehead atoms. The summed E-state index contributed by atoms with van der Waals surface area (Å²) in [6.45, 7) is 2.79. The first-order valence-corrected chi connectivity index (χ1v) is 4.96. The fourth-order valence-electron chi connectivity index (χ4n) is 1.81. The zero-order chi connectivity index (χ0) is 9.97. The molecule has 14 heavy (non-hydrogen) atoms. The number of aryl methyl sites for hydroxylation is 1. The van der Waals surface area contributed by atoms with Crippen molar-refractivity contribution in [3.63, 3.8) is 0 Å². The Balaban J connectivity index is 2.07. The van der Waals surface area contributed by atoms with Gasteiger partial charge in [0.15, 0.2) is 0 Å². The van der Waals surface area contributed by atoms with E-state index in [0.717, 1.165) is 30.8 Å². The van der Waals surface area contributed by atoms with Gasteiger partial charge in [-0.15, -0.1) is 0 Å². The highest BCUT2D eigenvalue weighted by atomic mass is 16.2. The number of pyridine rings is 1. The summed E-state index contributed by atoms with van der Waals surface area (Å²) in [4.78, 5) is 15.7. The molecule has 0 radical (unpaired) electrons. The summed E-state index contributed by atoms with van der Waals surface area (Å²) in [5, 5.41) is 2.84. The Kier molecular flexibility index (Phi) is 2.48. The zero-order valence-electron chi connectivity index (χ0n) is 8.29. The Hall–Kier alpha value is -1.38. The Morgan fingerprint density at radius 3 is 3.07 bits per heavy atom. The molecular weight excluding hydrogens is 176 g/mol. The molecule has 1 atom stereocenters. The number of carbonyl (C=O) groups is 1. The van der Waals surface area contributed by atoms with Crippen LogP contribution in [0.25, 0.3) is 0 Å². The van der Waals surface area contributed by atoms with Gasteiger partial charge in [0.25, 0.3) is 0 Å². The molecule has 1 fully saturated rings. The number of nitrogens with zero attached hydrogens (tertiary/aromatic N) is 1. The molecule has 0 aliphatic carbocycles. The van der Waals surface area contributed by atoms with E-state index in [1.807, 2.05) is 25.1 Å². The summed E-state index contributed by atoms with van der Waals surface area (Å²) in [7, 11) is 0. The number of aromatic nitrogens is 1. The molecule has 1 saturated heterocycles. The zero-order valence-corrected chi connectivity index (χ0v) is 8.29. The van der Waals surface area contributed by atoms with E-state index < -0.39 is 0 Å². The van der Waals surface area contributed by atoms with E-state index in [9.17, 15) is 4.79 Å². The maximum Gasteiger partial charge on any atom is 0.223 e. The number of hydrogen-bond donors (Lipinski definition) is 1. The van der Waals surface area contributed by atoms with Gasteiger partial charge in [-0.25, -0.2) is 0 Å².